The molecule has 0 spiro atoms. The van der Waals surface area contributed by atoms with Crippen molar-refractivity contribution >= 4 is 12.1 Å². The van der Waals surface area contributed by atoms with Crippen LogP contribution in [0.3, 0.4) is 0 Å². The first-order chi connectivity index (χ1) is 10.2. The summed E-state index contributed by atoms with van der Waals surface area (Å²) in [7, 11) is 1.49. The Labute approximate surface area is 130 Å². The minimum absolute atomic E-state index is 0.0419. The quantitative estimate of drug-likeness (QED) is 0.797. The highest BCUT2D eigenvalue weighted by Gasteiger charge is 2.35. The van der Waals surface area contributed by atoms with Crippen LogP contribution < -0.4 is 0 Å². The van der Waals surface area contributed by atoms with Crippen molar-refractivity contribution in [1.82, 2.24) is 4.90 Å². The lowest BCUT2D eigenvalue weighted by atomic mass is 9.98. The molecule has 0 saturated heterocycles. The SMILES string of the molecule is CCOC(=O)C1=C(O)C(COC)CN(C(=O)OC(C)(C)C)C1. The van der Waals surface area contributed by atoms with Gasteiger partial charge >= 0.3 is 12.1 Å². The summed E-state index contributed by atoms with van der Waals surface area (Å²) in [6, 6.07) is 0. The van der Waals surface area contributed by atoms with E-state index in [9.17, 15) is 14.7 Å². The highest BCUT2D eigenvalue weighted by atomic mass is 16.6. The number of hydrogen-bond acceptors (Lipinski definition) is 6. The average Bonchev–Trinajstić information content (AvgIpc) is 2.39. The summed E-state index contributed by atoms with van der Waals surface area (Å²) in [6.45, 7) is 7.53. The Balaban J connectivity index is 2.97. The summed E-state index contributed by atoms with van der Waals surface area (Å²) >= 11 is 0. The van der Waals surface area contributed by atoms with E-state index in [-0.39, 0.29) is 37.6 Å². The molecule has 22 heavy (non-hydrogen) atoms. The number of aliphatic hydroxyl groups excluding tert-OH is 1. The first-order valence-corrected chi connectivity index (χ1v) is 7.25. The molecule has 7 heteroatoms. The first kappa shape index (κ1) is 18.3. The maximum Gasteiger partial charge on any atom is 0.410 e. The molecule has 1 atom stereocenters. The van der Waals surface area contributed by atoms with Crippen molar-refractivity contribution in [3.8, 4) is 0 Å². The highest BCUT2D eigenvalue weighted by Crippen LogP contribution is 2.24. The summed E-state index contributed by atoms with van der Waals surface area (Å²) in [5.74, 6) is -1.19. The zero-order chi connectivity index (χ0) is 16.9. The number of nitrogens with zero attached hydrogens (tertiary/aromatic N) is 1. The molecule has 0 fully saturated rings. The van der Waals surface area contributed by atoms with Crippen molar-refractivity contribution in [2.75, 3.05) is 33.4 Å². The van der Waals surface area contributed by atoms with Gasteiger partial charge in [0.2, 0.25) is 0 Å². The van der Waals surface area contributed by atoms with Crippen LogP contribution in [-0.4, -0.2) is 61.1 Å². The highest BCUT2D eigenvalue weighted by molar-refractivity contribution is 5.90. The topological polar surface area (TPSA) is 85.3 Å². The van der Waals surface area contributed by atoms with Crippen molar-refractivity contribution in [3.63, 3.8) is 0 Å². The summed E-state index contributed by atoms with van der Waals surface area (Å²) in [5.41, 5.74) is -0.567. The maximum atomic E-state index is 12.2. The summed E-state index contributed by atoms with van der Waals surface area (Å²) < 4.78 is 15.3. The van der Waals surface area contributed by atoms with Gasteiger partial charge in [-0.2, -0.15) is 0 Å². The number of methoxy groups -OCH3 is 1. The Hall–Kier alpha value is -1.76. The molecular formula is C15H25NO6. The third-order valence-corrected chi connectivity index (χ3v) is 3.03. The molecule has 0 aliphatic carbocycles. The van der Waals surface area contributed by atoms with Gasteiger partial charge in [-0.05, 0) is 27.7 Å². The molecule has 0 radical (unpaired) electrons. The molecule has 1 aliphatic rings. The van der Waals surface area contributed by atoms with Gasteiger partial charge in [0.25, 0.3) is 0 Å². The molecule has 126 valence electrons. The van der Waals surface area contributed by atoms with Crippen LogP contribution in [-0.2, 0) is 19.0 Å². The third kappa shape index (κ3) is 4.91. The lowest BCUT2D eigenvalue weighted by Crippen LogP contribution is -2.46. The molecule has 0 aromatic carbocycles. The first-order valence-electron chi connectivity index (χ1n) is 7.25. The Bertz CT molecular complexity index is 451. The fourth-order valence-corrected chi connectivity index (χ4v) is 2.12. The number of hydrogen-bond donors (Lipinski definition) is 1. The zero-order valence-electron chi connectivity index (χ0n) is 13.8. The molecule has 0 bridgehead atoms. The molecule has 1 rings (SSSR count). The third-order valence-electron chi connectivity index (χ3n) is 3.03. The smallest absolute Gasteiger partial charge is 0.410 e. The van der Waals surface area contributed by atoms with E-state index in [4.69, 9.17) is 14.2 Å². The van der Waals surface area contributed by atoms with Crippen molar-refractivity contribution in [1.29, 1.82) is 0 Å². The standard InChI is InChI=1S/C15H25NO6/c1-6-21-13(18)11-8-16(14(19)22-15(2,3)4)7-10(9-20-5)12(11)17/h10,17H,6-9H2,1-5H3. The van der Waals surface area contributed by atoms with Gasteiger partial charge in [-0.15, -0.1) is 0 Å². The molecule has 7 nitrogen and oxygen atoms in total. The largest absolute Gasteiger partial charge is 0.511 e. The van der Waals surface area contributed by atoms with Crippen LogP contribution in [0.15, 0.2) is 11.3 Å². The van der Waals surface area contributed by atoms with Crippen molar-refractivity contribution in [3.05, 3.63) is 11.3 Å². The number of carbonyl (C=O) groups is 2. The van der Waals surface area contributed by atoms with Gasteiger partial charge in [-0.25, -0.2) is 9.59 Å². The van der Waals surface area contributed by atoms with Crippen LogP contribution in [0.4, 0.5) is 4.79 Å². The second-order valence-corrected chi connectivity index (χ2v) is 6.10. The number of ether oxygens (including phenoxy) is 3. The van der Waals surface area contributed by atoms with Gasteiger partial charge < -0.3 is 24.2 Å². The maximum absolute atomic E-state index is 12.2. The molecule has 0 aromatic heterocycles. The number of carbonyl (C=O) groups excluding carboxylic acids is 2. The fraction of sp³-hybridized carbons (Fsp3) is 0.733. The second-order valence-electron chi connectivity index (χ2n) is 6.10. The molecule has 0 aromatic rings. The van der Waals surface area contributed by atoms with Crippen LogP contribution in [0.2, 0.25) is 0 Å². The van der Waals surface area contributed by atoms with E-state index in [2.05, 4.69) is 0 Å². The molecule has 0 saturated carbocycles. The van der Waals surface area contributed by atoms with E-state index in [1.807, 2.05) is 0 Å². The predicted molar refractivity (Wildman–Crippen MR) is 79.5 cm³/mol. The Morgan fingerprint density at radius 1 is 1.36 bits per heavy atom. The van der Waals surface area contributed by atoms with Crippen LogP contribution in [0.5, 0.6) is 0 Å². The lowest BCUT2D eigenvalue weighted by Gasteiger charge is -2.34. The van der Waals surface area contributed by atoms with Crippen molar-refractivity contribution in [2.24, 2.45) is 5.92 Å². The van der Waals surface area contributed by atoms with Crippen LogP contribution >= 0.6 is 0 Å². The number of aliphatic hydroxyl groups is 1. The van der Waals surface area contributed by atoms with Gasteiger partial charge in [0.1, 0.15) is 11.4 Å². The average molecular weight is 315 g/mol. The normalized spacial score (nSPS) is 19.1. The molecule has 1 amide bonds. The Morgan fingerprint density at radius 2 is 2.00 bits per heavy atom. The van der Waals surface area contributed by atoms with E-state index < -0.39 is 23.6 Å². The summed E-state index contributed by atoms with van der Waals surface area (Å²) in [4.78, 5) is 25.5. The molecule has 1 unspecified atom stereocenters. The van der Waals surface area contributed by atoms with Crippen molar-refractivity contribution in [2.45, 2.75) is 33.3 Å². The minimum Gasteiger partial charge on any atom is -0.511 e. The predicted octanol–water partition coefficient (Wildman–Crippen LogP) is 1.87. The van der Waals surface area contributed by atoms with Crippen LogP contribution in [0, 0.1) is 5.92 Å². The second kappa shape index (κ2) is 7.49. The van der Waals surface area contributed by atoms with Gasteiger partial charge in [0.05, 0.1) is 31.2 Å². The van der Waals surface area contributed by atoms with Gasteiger partial charge in [0.15, 0.2) is 0 Å². The molecule has 1 N–H and O–H groups in total. The zero-order valence-corrected chi connectivity index (χ0v) is 13.8. The number of esters is 1. The molecule has 1 heterocycles. The number of rotatable bonds is 4. The van der Waals surface area contributed by atoms with E-state index in [1.54, 1.807) is 27.7 Å². The van der Waals surface area contributed by atoms with E-state index in [0.29, 0.717) is 0 Å². The van der Waals surface area contributed by atoms with Crippen molar-refractivity contribution < 1.29 is 28.9 Å². The van der Waals surface area contributed by atoms with E-state index >= 15 is 0 Å². The van der Waals surface area contributed by atoms with Crippen LogP contribution in [0.25, 0.3) is 0 Å². The fourth-order valence-electron chi connectivity index (χ4n) is 2.12. The Morgan fingerprint density at radius 3 is 2.50 bits per heavy atom. The Kier molecular flexibility index (Phi) is 6.22. The lowest BCUT2D eigenvalue weighted by molar-refractivity contribution is -0.139. The monoisotopic (exact) mass is 315 g/mol. The molecule has 1 aliphatic heterocycles. The van der Waals surface area contributed by atoms with Gasteiger partial charge in [-0.3, -0.25) is 0 Å². The van der Waals surface area contributed by atoms with E-state index in [0.717, 1.165) is 0 Å². The number of amides is 1. The van der Waals surface area contributed by atoms with E-state index in [1.165, 1.54) is 12.0 Å². The van der Waals surface area contributed by atoms with Gasteiger partial charge in [0, 0.05) is 13.7 Å². The van der Waals surface area contributed by atoms with Gasteiger partial charge in [-0.1, -0.05) is 0 Å². The molecular weight excluding hydrogens is 290 g/mol. The van der Waals surface area contributed by atoms with Crippen LogP contribution in [0.1, 0.15) is 27.7 Å². The summed E-state index contributed by atoms with van der Waals surface area (Å²) in [6.07, 6.45) is -0.539. The minimum atomic E-state index is -0.638. The summed E-state index contributed by atoms with van der Waals surface area (Å²) in [5, 5.41) is 10.2.